The van der Waals surface area contributed by atoms with Crippen molar-refractivity contribution in [2.24, 2.45) is 0 Å². The molecular formula is C26H19ClF3N3O. The smallest absolute Gasteiger partial charge is 0.349 e. The molecular weight excluding hydrogens is 463 g/mol. The third kappa shape index (κ3) is 4.35. The summed E-state index contributed by atoms with van der Waals surface area (Å²) in [7, 11) is 0. The van der Waals surface area contributed by atoms with Crippen LogP contribution in [-0.4, -0.2) is 22.1 Å². The van der Waals surface area contributed by atoms with Gasteiger partial charge >= 0.3 is 6.18 Å². The van der Waals surface area contributed by atoms with Gasteiger partial charge < -0.3 is 5.32 Å². The Morgan fingerprint density at radius 2 is 1.82 bits per heavy atom. The minimum Gasteiger partial charge on any atom is -0.349 e. The summed E-state index contributed by atoms with van der Waals surface area (Å²) in [5, 5.41) is 12.6. The number of benzene rings is 3. The van der Waals surface area contributed by atoms with E-state index in [9.17, 15) is 18.0 Å². The van der Waals surface area contributed by atoms with Gasteiger partial charge in [0.2, 0.25) is 0 Å². The second-order valence-electron chi connectivity index (χ2n) is 8.47. The van der Waals surface area contributed by atoms with Crippen LogP contribution in [0.5, 0.6) is 0 Å². The van der Waals surface area contributed by atoms with Crippen molar-refractivity contribution in [2.45, 2.75) is 32.0 Å². The molecule has 172 valence electrons. The summed E-state index contributed by atoms with van der Waals surface area (Å²) in [6.45, 7) is 1.97. The van der Waals surface area contributed by atoms with Gasteiger partial charge in [0, 0.05) is 27.9 Å². The fourth-order valence-electron chi connectivity index (χ4n) is 3.91. The zero-order valence-electron chi connectivity index (χ0n) is 18.1. The maximum atomic E-state index is 13.0. The van der Waals surface area contributed by atoms with Gasteiger partial charge in [-0.3, -0.25) is 4.79 Å². The largest absolute Gasteiger partial charge is 0.416 e. The van der Waals surface area contributed by atoms with Gasteiger partial charge in [0.05, 0.1) is 16.8 Å². The van der Waals surface area contributed by atoms with E-state index in [1.54, 1.807) is 6.20 Å². The lowest BCUT2D eigenvalue weighted by Gasteiger charge is -2.13. The lowest BCUT2D eigenvalue weighted by Crippen LogP contribution is -2.25. The Morgan fingerprint density at radius 3 is 2.53 bits per heavy atom. The molecule has 1 saturated carbocycles. The summed E-state index contributed by atoms with van der Waals surface area (Å²) in [6, 6.07) is 14.7. The third-order valence-electron chi connectivity index (χ3n) is 5.94. The van der Waals surface area contributed by atoms with E-state index in [1.165, 1.54) is 6.07 Å². The first-order valence-corrected chi connectivity index (χ1v) is 11.1. The lowest BCUT2D eigenvalue weighted by atomic mass is 9.95. The van der Waals surface area contributed by atoms with Crippen molar-refractivity contribution in [1.29, 1.82) is 0 Å². The van der Waals surface area contributed by atoms with Crippen LogP contribution in [0.15, 0.2) is 60.8 Å². The Bertz CT molecular complexity index is 1430. The van der Waals surface area contributed by atoms with Crippen LogP contribution in [-0.2, 0) is 6.18 Å². The highest BCUT2D eigenvalue weighted by Crippen LogP contribution is 2.38. The summed E-state index contributed by atoms with van der Waals surface area (Å²) >= 11 is 6.20. The predicted octanol–water partition coefficient (Wildman–Crippen LogP) is 6.84. The first-order valence-electron chi connectivity index (χ1n) is 10.7. The Labute approximate surface area is 198 Å². The average molecular weight is 482 g/mol. The SMILES string of the molecule is Cc1ccc(C(=O)NC2CC2)cc1-c1ccc2c(-c3ccc(C(F)(F)F)cc3Cl)nncc2c1. The molecule has 0 unspecified atom stereocenters. The maximum Gasteiger partial charge on any atom is 0.416 e. The van der Waals surface area contributed by atoms with Crippen LogP contribution in [0.3, 0.4) is 0 Å². The topological polar surface area (TPSA) is 54.9 Å². The molecule has 1 aliphatic carbocycles. The first kappa shape index (κ1) is 22.3. The third-order valence-corrected chi connectivity index (χ3v) is 6.25. The molecule has 0 aliphatic heterocycles. The van der Waals surface area contributed by atoms with Gasteiger partial charge in [0.25, 0.3) is 5.91 Å². The van der Waals surface area contributed by atoms with E-state index in [0.29, 0.717) is 22.2 Å². The quantitative estimate of drug-likeness (QED) is 0.347. The van der Waals surface area contributed by atoms with Crippen LogP contribution in [0.2, 0.25) is 5.02 Å². The van der Waals surface area contributed by atoms with Gasteiger partial charge in [-0.2, -0.15) is 18.3 Å². The number of rotatable bonds is 4. The van der Waals surface area contributed by atoms with Gasteiger partial charge in [-0.25, -0.2) is 0 Å². The molecule has 0 bridgehead atoms. The van der Waals surface area contributed by atoms with E-state index in [4.69, 9.17) is 11.6 Å². The van der Waals surface area contributed by atoms with Crippen LogP contribution >= 0.6 is 11.6 Å². The standard InChI is InChI=1S/C26H19ClF3N3O/c1-14-2-3-16(25(34)32-19-6-7-19)11-22(14)15-4-8-20-17(10-15)13-31-33-24(20)21-9-5-18(12-23(21)27)26(28,29)30/h2-5,8-13,19H,6-7H2,1H3,(H,32,34). The van der Waals surface area contributed by atoms with Gasteiger partial charge in [0.15, 0.2) is 0 Å². The highest BCUT2D eigenvalue weighted by molar-refractivity contribution is 6.33. The number of fused-ring (bicyclic) bond motifs is 1. The maximum absolute atomic E-state index is 13.0. The van der Waals surface area contributed by atoms with Crippen molar-refractivity contribution in [3.8, 4) is 22.4 Å². The molecule has 5 rings (SSSR count). The van der Waals surface area contributed by atoms with Crippen LogP contribution in [0.1, 0.15) is 34.3 Å². The van der Waals surface area contributed by atoms with Crippen molar-refractivity contribution < 1.29 is 18.0 Å². The number of aryl methyl sites for hydroxylation is 1. The van der Waals surface area contributed by atoms with Crippen LogP contribution in [0.4, 0.5) is 13.2 Å². The van der Waals surface area contributed by atoms with Gasteiger partial charge in [-0.05, 0) is 66.8 Å². The van der Waals surface area contributed by atoms with Crippen molar-refractivity contribution >= 4 is 28.3 Å². The van der Waals surface area contributed by atoms with Crippen LogP contribution in [0, 0.1) is 6.92 Å². The van der Waals surface area contributed by atoms with E-state index in [2.05, 4.69) is 15.5 Å². The fourth-order valence-corrected chi connectivity index (χ4v) is 4.18. The number of alkyl halides is 3. The summed E-state index contributed by atoms with van der Waals surface area (Å²) in [5.41, 5.74) is 3.36. The number of carbonyl (C=O) groups excluding carboxylic acids is 1. The molecule has 0 spiro atoms. The number of aromatic nitrogens is 2. The Hall–Kier alpha value is -3.45. The van der Waals surface area contributed by atoms with Crippen molar-refractivity contribution in [2.75, 3.05) is 0 Å². The second kappa shape index (κ2) is 8.40. The number of hydrogen-bond acceptors (Lipinski definition) is 3. The minimum atomic E-state index is -4.48. The normalized spacial score (nSPS) is 13.8. The average Bonchev–Trinajstić information content (AvgIpc) is 3.62. The van der Waals surface area contributed by atoms with E-state index < -0.39 is 11.7 Å². The molecule has 1 aromatic heterocycles. The Balaban J connectivity index is 1.55. The number of hydrogen-bond donors (Lipinski definition) is 1. The van der Waals surface area contributed by atoms with Crippen molar-refractivity contribution in [3.05, 3.63) is 82.5 Å². The summed E-state index contributed by atoms with van der Waals surface area (Å²) < 4.78 is 39.1. The number of halogens is 4. The molecule has 4 nitrogen and oxygen atoms in total. The molecule has 1 N–H and O–H groups in total. The number of carbonyl (C=O) groups is 1. The molecule has 0 atom stereocenters. The van der Waals surface area contributed by atoms with E-state index in [0.717, 1.165) is 47.1 Å². The monoisotopic (exact) mass is 481 g/mol. The molecule has 34 heavy (non-hydrogen) atoms. The molecule has 1 amide bonds. The van der Waals surface area contributed by atoms with Gasteiger partial charge in [0.1, 0.15) is 5.69 Å². The minimum absolute atomic E-state index is 0.0501. The lowest BCUT2D eigenvalue weighted by molar-refractivity contribution is -0.137. The Kier molecular flexibility index (Phi) is 5.52. The predicted molar refractivity (Wildman–Crippen MR) is 126 cm³/mol. The highest BCUT2D eigenvalue weighted by Gasteiger charge is 2.31. The van der Waals surface area contributed by atoms with E-state index >= 15 is 0 Å². The van der Waals surface area contributed by atoms with E-state index in [-0.39, 0.29) is 17.0 Å². The number of nitrogens with zero attached hydrogens (tertiary/aromatic N) is 2. The molecule has 0 radical (unpaired) electrons. The summed E-state index contributed by atoms with van der Waals surface area (Å²) in [6.07, 6.45) is -0.855. The van der Waals surface area contributed by atoms with Crippen LogP contribution < -0.4 is 5.32 Å². The molecule has 3 aromatic carbocycles. The summed E-state index contributed by atoms with van der Waals surface area (Å²) in [5.74, 6) is -0.0883. The molecule has 1 heterocycles. The molecule has 0 saturated heterocycles. The molecule has 1 aliphatic rings. The van der Waals surface area contributed by atoms with E-state index in [1.807, 2.05) is 43.3 Å². The number of nitrogens with one attached hydrogen (secondary N) is 1. The zero-order valence-corrected chi connectivity index (χ0v) is 18.8. The number of amides is 1. The fraction of sp³-hybridized carbons (Fsp3) is 0.192. The Morgan fingerprint density at radius 1 is 1.03 bits per heavy atom. The highest BCUT2D eigenvalue weighted by atomic mass is 35.5. The second-order valence-corrected chi connectivity index (χ2v) is 8.87. The first-order chi connectivity index (χ1) is 16.2. The van der Waals surface area contributed by atoms with Gasteiger partial charge in [-0.1, -0.05) is 35.9 Å². The van der Waals surface area contributed by atoms with Crippen LogP contribution in [0.25, 0.3) is 33.2 Å². The zero-order chi connectivity index (χ0) is 24.0. The molecule has 8 heteroatoms. The van der Waals surface area contributed by atoms with Crippen molar-refractivity contribution in [3.63, 3.8) is 0 Å². The molecule has 4 aromatic rings. The summed E-state index contributed by atoms with van der Waals surface area (Å²) in [4.78, 5) is 12.5. The van der Waals surface area contributed by atoms with Gasteiger partial charge in [-0.15, -0.1) is 5.10 Å². The molecule has 1 fully saturated rings. The van der Waals surface area contributed by atoms with Crippen molar-refractivity contribution in [1.82, 2.24) is 15.5 Å².